The van der Waals surface area contributed by atoms with Gasteiger partial charge in [0.05, 0.1) is 13.0 Å². The minimum Gasteiger partial charge on any atom is -0.469 e. The lowest BCUT2D eigenvalue weighted by molar-refractivity contribution is -0.145. The first-order valence-electron chi connectivity index (χ1n) is 4.87. The van der Waals surface area contributed by atoms with Gasteiger partial charge in [0.25, 0.3) is 0 Å². The minimum absolute atomic E-state index is 0.222. The van der Waals surface area contributed by atoms with Crippen LogP contribution in [0.15, 0.2) is 24.5 Å². The van der Waals surface area contributed by atoms with Crippen molar-refractivity contribution in [2.75, 3.05) is 7.11 Å². The molecule has 1 heterocycles. The van der Waals surface area contributed by atoms with Gasteiger partial charge in [0.1, 0.15) is 0 Å². The van der Waals surface area contributed by atoms with Crippen molar-refractivity contribution in [1.29, 1.82) is 0 Å². The van der Waals surface area contributed by atoms with Gasteiger partial charge < -0.3 is 10.5 Å². The highest BCUT2D eigenvalue weighted by Gasteiger charge is 2.21. The summed E-state index contributed by atoms with van der Waals surface area (Å²) in [6, 6.07) is 3.56. The molecule has 0 saturated heterocycles. The fourth-order valence-corrected chi connectivity index (χ4v) is 1.33. The van der Waals surface area contributed by atoms with Crippen LogP contribution in [0.4, 0.5) is 0 Å². The van der Waals surface area contributed by atoms with Gasteiger partial charge in [-0.2, -0.15) is 0 Å². The first kappa shape index (κ1) is 11.7. The minimum atomic E-state index is -0.289. The fraction of sp³-hybridized carbons (Fsp3) is 0.455. The third kappa shape index (κ3) is 3.32. The number of hydrogen-bond donors (Lipinski definition) is 1. The predicted octanol–water partition coefficient (Wildman–Crippen LogP) is 0.760. The zero-order chi connectivity index (χ0) is 11.3. The lowest BCUT2D eigenvalue weighted by atomic mass is 9.96. The van der Waals surface area contributed by atoms with E-state index in [9.17, 15) is 4.79 Å². The summed E-state index contributed by atoms with van der Waals surface area (Å²) < 4.78 is 4.64. The van der Waals surface area contributed by atoms with E-state index in [1.165, 1.54) is 7.11 Å². The highest BCUT2D eigenvalue weighted by Crippen LogP contribution is 2.09. The van der Waals surface area contributed by atoms with Crippen LogP contribution in [-0.4, -0.2) is 24.1 Å². The number of hydrogen-bond acceptors (Lipinski definition) is 4. The monoisotopic (exact) mass is 208 g/mol. The molecule has 1 aromatic heterocycles. The van der Waals surface area contributed by atoms with E-state index in [0.717, 1.165) is 5.56 Å². The molecule has 0 amide bonds. The third-order valence-electron chi connectivity index (χ3n) is 2.44. The van der Waals surface area contributed by atoms with Crippen LogP contribution in [0.1, 0.15) is 12.5 Å². The summed E-state index contributed by atoms with van der Waals surface area (Å²) in [5, 5.41) is 0. The maximum Gasteiger partial charge on any atom is 0.309 e. The molecule has 0 bridgehead atoms. The number of aromatic nitrogens is 1. The molecule has 0 aromatic carbocycles. The standard InChI is InChI=1S/C11H16N2O2/c1-8(11(14)15-2)10(12)7-9-3-5-13-6-4-9/h3-6,8,10H,7,12H2,1-2H3. The van der Waals surface area contributed by atoms with Crippen LogP contribution in [0.2, 0.25) is 0 Å². The Kier molecular flexibility index (Phi) is 4.24. The van der Waals surface area contributed by atoms with Gasteiger partial charge in [0.2, 0.25) is 0 Å². The molecular weight excluding hydrogens is 192 g/mol. The Bertz CT molecular complexity index is 314. The van der Waals surface area contributed by atoms with Crippen LogP contribution < -0.4 is 5.73 Å². The second kappa shape index (κ2) is 5.46. The van der Waals surface area contributed by atoms with E-state index in [0.29, 0.717) is 6.42 Å². The second-order valence-corrected chi connectivity index (χ2v) is 3.54. The van der Waals surface area contributed by atoms with Crippen LogP contribution in [0.25, 0.3) is 0 Å². The maximum atomic E-state index is 11.2. The Hall–Kier alpha value is -1.42. The smallest absolute Gasteiger partial charge is 0.309 e. The molecule has 2 unspecified atom stereocenters. The largest absolute Gasteiger partial charge is 0.469 e. The van der Waals surface area contributed by atoms with Gasteiger partial charge in [-0.1, -0.05) is 6.92 Å². The Morgan fingerprint density at radius 3 is 2.67 bits per heavy atom. The maximum absolute atomic E-state index is 11.2. The van der Waals surface area contributed by atoms with Crippen LogP contribution in [0, 0.1) is 5.92 Å². The Morgan fingerprint density at radius 2 is 2.13 bits per heavy atom. The molecule has 0 aliphatic heterocycles. The number of esters is 1. The number of rotatable bonds is 4. The quantitative estimate of drug-likeness (QED) is 0.742. The molecule has 0 radical (unpaired) electrons. The molecule has 82 valence electrons. The van der Waals surface area contributed by atoms with E-state index in [1.54, 1.807) is 19.3 Å². The van der Waals surface area contributed by atoms with E-state index >= 15 is 0 Å². The number of nitrogens with zero attached hydrogens (tertiary/aromatic N) is 1. The summed E-state index contributed by atoms with van der Waals surface area (Å²) in [7, 11) is 1.37. The number of methoxy groups -OCH3 is 1. The molecule has 4 heteroatoms. The van der Waals surface area contributed by atoms with Crippen LogP contribution >= 0.6 is 0 Å². The predicted molar refractivity (Wildman–Crippen MR) is 57.1 cm³/mol. The summed E-state index contributed by atoms with van der Waals surface area (Å²) >= 11 is 0. The first-order valence-corrected chi connectivity index (χ1v) is 4.87. The Labute approximate surface area is 89.5 Å². The van der Waals surface area contributed by atoms with Crippen LogP contribution in [0.3, 0.4) is 0 Å². The summed E-state index contributed by atoms with van der Waals surface area (Å²) in [5.74, 6) is -0.556. The van der Waals surface area contributed by atoms with E-state index in [-0.39, 0.29) is 17.9 Å². The average Bonchev–Trinajstić information content (AvgIpc) is 2.28. The molecule has 1 rings (SSSR count). The Morgan fingerprint density at radius 1 is 1.53 bits per heavy atom. The van der Waals surface area contributed by atoms with Crippen LogP contribution in [-0.2, 0) is 16.0 Å². The summed E-state index contributed by atoms with van der Waals surface area (Å²) in [6.07, 6.45) is 4.08. The summed E-state index contributed by atoms with van der Waals surface area (Å²) in [5.41, 5.74) is 6.98. The topological polar surface area (TPSA) is 65.2 Å². The van der Waals surface area contributed by atoms with E-state index in [4.69, 9.17) is 5.73 Å². The number of pyridine rings is 1. The molecule has 15 heavy (non-hydrogen) atoms. The van der Waals surface area contributed by atoms with E-state index < -0.39 is 0 Å². The summed E-state index contributed by atoms with van der Waals surface area (Å²) in [6.45, 7) is 1.78. The van der Waals surface area contributed by atoms with Gasteiger partial charge in [-0.3, -0.25) is 9.78 Å². The number of carbonyl (C=O) groups excluding carboxylic acids is 1. The summed E-state index contributed by atoms with van der Waals surface area (Å²) in [4.78, 5) is 15.1. The SMILES string of the molecule is COC(=O)C(C)C(N)Cc1ccncc1. The van der Waals surface area contributed by atoms with Gasteiger partial charge in [0.15, 0.2) is 0 Å². The van der Waals surface area contributed by atoms with Crippen molar-refractivity contribution >= 4 is 5.97 Å². The van der Waals surface area contributed by atoms with E-state index in [1.807, 2.05) is 12.1 Å². The lowest BCUT2D eigenvalue weighted by Crippen LogP contribution is -2.36. The van der Waals surface area contributed by atoms with Crippen molar-refractivity contribution in [3.05, 3.63) is 30.1 Å². The zero-order valence-corrected chi connectivity index (χ0v) is 9.01. The molecule has 2 N–H and O–H groups in total. The van der Waals surface area contributed by atoms with Gasteiger partial charge in [-0.15, -0.1) is 0 Å². The van der Waals surface area contributed by atoms with Crippen molar-refractivity contribution in [2.24, 2.45) is 11.7 Å². The van der Waals surface area contributed by atoms with Crippen molar-refractivity contribution in [2.45, 2.75) is 19.4 Å². The second-order valence-electron chi connectivity index (χ2n) is 3.54. The molecule has 2 atom stereocenters. The van der Waals surface area contributed by atoms with Gasteiger partial charge in [-0.25, -0.2) is 0 Å². The van der Waals surface area contributed by atoms with Crippen molar-refractivity contribution in [3.8, 4) is 0 Å². The number of carbonyl (C=O) groups is 1. The van der Waals surface area contributed by atoms with Crippen LogP contribution in [0.5, 0.6) is 0 Å². The molecule has 0 spiro atoms. The highest BCUT2D eigenvalue weighted by molar-refractivity contribution is 5.72. The molecule has 1 aromatic rings. The zero-order valence-electron chi connectivity index (χ0n) is 9.01. The molecule has 0 aliphatic carbocycles. The number of ether oxygens (including phenoxy) is 1. The highest BCUT2D eigenvalue weighted by atomic mass is 16.5. The lowest BCUT2D eigenvalue weighted by Gasteiger charge is -2.17. The van der Waals surface area contributed by atoms with Gasteiger partial charge in [-0.05, 0) is 24.1 Å². The van der Waals surface area contributed by atoms with Crippen molar-refractivity contribution in [3.63, 3.8) is 0 Å². The normalized spacial score (nSPS) is 14.3. The third-order valence-corrected chi connectivity index (χ3v) is 2.44. The fourth-order valence-electron chi connectivity index (χ4n) is 1.33. The Balaban J connectivity index is 2.56. The number of nitrogens with two attached hydrogens (primary N) is 1. The molecule has 0 fully saturated rings. The van der Waals surface area contributed by atoms with E-state index in [2.05, 4.69) is 9.72 Å². The molecule has 0 saturated carbocycles. The van der Waals surface area contributed by atoms with Crippen molar-refractivity contribution in [1.82, 2.24) is 4.98 Å². The molecule has 0 aliphatic rings. The van der Waals surface area contributed by atoms with Gasteiger partial charge in [0, 0.05) is 18.4 Å². The first-order chi connectivity index (χ1) is 7.15. The molecule has 4 nitrogen and oxygen atoms in total. The van der Waals surface area contributed by atoms with Crippen molar-refractivity contribution < 1.29 is 9.53 Å². The molecular formula is C11H16N2O2. The average molecular weight is 208 g/mol. The van der Waals surface area contributed by atoms with Gasteiger partial charge >= 0.3 is 5.97 Å².